The lowest BCUT2D eigenvalue weighted by atomic mass is 10.1. The first-order chi connectivity index (χ1) is 5.85. The molecule has 0 saturated carbocycles. The van der Waals surface area contributed by atoms with Crippen LogP contribution in [0.25, 0.3) is 0 Å². The molecule has 4 nitrogen and oxygen atoms in total. The molecule has 0 fully saturated rings. The fraction of sp³-hybridized carbons (Fsp3) is 0.889. The minimum atomic E-state index is -0.366. The molecule has 0 rings (SSSR count). The molecular weight excluding hydrogens is 168 g/mol. The monoisotopic (exact) mass is 188 g/mol. The first kappa shape index (κ1) is 12.2. The average molecular weight is 188 g/mol. The molecule has 1 atom stereocenters. The maximum Gasteiger partial charge on any atom is 0.407 e. The van der Waals surface area contributed by atoms with Gasteiger partial charge in [-0.05, 0) is 34.7 Å². The molecule has 0 heterocycles. The highest BCUT2D eigenvalue weighted by Gasteiger charge is 2.14. The second-order valence-corrected chi connectivity index (χ2v) is 4.16. The van der Waals surface area contributed by atoms with Crippen molar-refractivity contribution in [2.75, 3.05) is 13.7 Å². The van der Waals surface area contributed by atoms with Gasteiger partial charge in [0.05, 0.1) is 0 Å². The van der Waals surface area contributed by atoms with Crippen molar-refractivity contribution in [1.29, 1.82) is 0 Å². The van der Waals surface area contributed by atoms with Gasteiger partial charge in [-0.3, -0.25) is 0 Å². The van der Waals surface area contributed by atoms with Crippen LogP contribution in [0.1, 0.15) is 27.7 Å². The number of nitrogens with one attached hydrogen (secondary N) is 2. The van der Waals surface area contributed by atoms with Crippen molar-refractivity contribution in [3.05, 3.63) is 0 Å². The molecule has 2 N–H and O–H groups in total. The Morgan fingerprint density at radius 1 is 1.46 bits per heavy atom. The number of carbonyl (C=O) groups is 1. The van der Waals surface area contributed by atoms with E-state index in [1.54, 1.807) is 0 Å². The van der Waals surface area contributed by atoms with Crippen molar-refractivity contribution in [2.24, 2.45) is 0 Å². The van der Waals surface area contributed by atoms with Gasteiger partial charge in [0.25, 0.3) is 0 Å². The molecule has 0 aliphatic heterocycles. The number of ether oxygens (including phenoxy) is 1. The largest absolute Gasteiger partial charge is 0.448 e. The van der Waals surface area contributed by atoms with Crippen molar-refractivity contribution in [2.45, 2.75) is 39.3 Å². The molecule has 0 aromatic rings. The third-order valence-corrected chi connectivity index (χ3v) is 1.43. The van der Waals surface area contributed by atoms with Crippen molar-refractivity contribution in [3.63, 3.8) is 0 Å². The van der Waals surface area contributed by atoms with Crippen LogP contribution >= 0.6 is 0 Å². The first-order valence-electron chi connectivity index (χ1n) is 4.47. The predicted molar refractivity (Wildman–Crippen MR) is 52.8 cm³/mol. The molecule has 0 aliphatic rings. The van der Waals surface area contributed by atoms with Crippen molar-refractivity contribution in [3.8, 4) is 0 Å². The highest BCUT2D eigenvalue weighted by molar-refractivity contribution is 5.68. The summed E-state index contributed by atoms with van der Waals surface area (Å²) < 4.78 is 4.96. The zero-order chi connectivity index (χ0) is 10.5. The van der Waals surface area contributed by atoms with Crippen LogP contribution < -0.4 is 10.6 Å². The molecule has 0 spiro atoms. The van der Waals surface area contributed by atoms with E-state index in [1.807, 2.05) is 34.7 Å². The van der Waals surface area contributed by atoms with Crippen LogP contribution in [0.4, 0.5) is 4.79 Å². The van der Waals surface area contributed by atoms with E-state index >= 15 is 0 Å². The van der Waals surface area contributed by atoms with E-state index in [4.69, 9.17) is 4.74 Å². The summed E-state index contributed by atoms with van der Waals surface area (Å²) in [5.41, 5.74) is -0.236. The third-order valence-electron chi connectivity index (χ3n) is 1.43. The Bertz CT molecular complexity index is 163. The summed E-state index contributed by atoms with van der Waals surface area (Å²) in [6, 6.07) is 0.186. The van der Waals surface area contributed by atoms with Crippen LogP contribution in [0, 0.1) is 0 Å². The topological polar surface area (TPSA) is 50.4 Å². The quantitative estimate of drug-likeness (QED) is 0.697. The van der Waals surface area contributed by atoms with Crippen LogP contribution in [-0.2, 0) is 4.74 Å². The summed E-state index contributed by atoms with van der Waals surface area (Å²) in [6.45, 7) is 8.07. The lowest BCUT2D eigenvalue weighted by Gasteiger charge is -2.20. The molecular formula is C9H20N2O2. The van der Waals surface area contributed by atoms with E-state index in [0.717, 1.165) is 0 Å². The van der Waals surface area contributed by atoms with Gasteiger partial charge in [0, 0.05) is 11.6 Å². The molecule has 78 valence electrons. The molecule has 1 amide bonds. The van der Waals surface area contributed by atoms with Gasteiger partial charge in [0.2, 0.25) is 0 Å². The smallest absolute Gasteiger partial charge is 0.407 e. The van der Waals surface area contributed by atoms with Crippen molar-refractivity contribution in [1.82, 2.24) is 10.6 Å². The van der Waals surface area contributed by atoms with Crippen LogP contribution in [0.5, 0.6) is 0 Å². The molecule has 0 radical (unpaired) electrons. The molecule has 0 aromatic carbocycles. The number of likely N-dealkylation sites (N-methyl/N-ethyl adjacent to an activating group) is 1. The number of carbonyl (C=O) groups excluding carboxylic acids is 1. The van der Waals surface area contributed by atoms with Gasteiger partial charge in [-0.15, -0.1) is 0 Å². The van der Waals surface area contributed by atoms with E-state index in [1.165, 1.54) is 0 Å². The minimum Gasteiger partial charge on any atom is -0.448 e. The van der Waals surface area contributed by atoms with Gasteiger partial charge in [0.1, 0.15) is 6.61 Å². The van der Waals surface area contributed by atoms with E-state index in [0.29, 0.717) is 6.61 Å². The lowest BCUT2D eigenvalue weighted by molar-refractivity contribution is 0.129. The number of hydrogen-bond acceptors (Lipinski definition) is 3. The fourth-order valence-electron chi connectivity index (χ4n) is 0.626. The normalized spacial score (nSPS) is 13.6. The van der Waals surface area contributed by atoms with E-state index < -0.39 is 0 Å². The Labute approximate surface area is 80.0 Å². The standard InChI is InChI=1S/C9H20N2O2/c1-7(10-5)6-13-8(12)11-9(2,3)4/h7,10H,6H2,1-5H3,(H,11,12). The molecule has 0 saturated heterocycles. The van der Waals surface area contributed by atoms with Gasteiger partial charge in [-0.2, -0.15) is 0 Å². The maximum atomic E-state index is 11.1. The second kappa shape index (κ2) is 5.07. The molecule has 4 heteroatoms. The highest BCUT2D eigenvalue weighted by Crippen LogP contribution is 1.98. The second-order valence-electron chi connectivity index (χ2n) is 4.16. The minimum absolute atomic E-state index is 0.186. The summed E-state index contributed by atoms with van der Waals surface area (Å²) in [5.74, 6) is 0. The Balaban J connectivity index is 3.64. The number of rotatable bonds is 3. The molecule has 13 heavy (non-hydrogen) atoms. The average Bonchev–Trinajstić information content (AvgIpc) is 1.97. The maximum absolute atomic E-state index is 11.1. The summed E-state index contributed by atoms with van der Waals surface area (Å²) in [5, 5.41) is 5.69. The number of alkyl carbamates (subject to hydrolysis) is 1. The Morgan fingerprint density at radius 3 is 2.38 bits per heavy atom. The molecule has 1 unspecified atom stereocenters. The molecule has 0 aliphatic carbocycles. The number of amides is 1. The third kappa shape index (κ3) is 7.59. The van der Waals surface area contributed by atoms with Gasteiger partial charge in [-0.1, -0.05) is 0 Å². The van der Waals surface area contributed by atoms with Gasteiger partial charge >= 0.3 is 6.09 Å². The zero-order valence-electron chi connectivity index (χ0n) is 9.10. The van der Waals surface area contributed by atoms with E-state index in [9.17, 15) is 4.79 Å². The van der Waals surface area contributed by atoms with Gasteiger partial charge < -0.3 is 15.4 Å². The first-order valence-corrected chi connectivity index (χ1v) is 4.47. The van der Waals surface area contributed by atoms with E-state index in [2.05, 4.69) is 10.6 Å². The highest BCUT2D eigenvalue weighted by atomic mass is 16.5. The SMILES string of the molecule is CNC(C)COC(=O)NC(C)(C)C. The Kier molecular flexibility index (Phi) is 4.77. The van der Waals surface area contributed by atoms with Crippen LogP contribution in [0.15, 0.2) is 0 Å². The van der Waals surface area contributed by atoms with Crippen LogP contribution in [0.3, 0.4) is 0 Å². The summed E-state index contributed by atoms with van der Waals surface area (Å²) in [7, 11) is 1.83. The molecule has 0 bridgehead atoms. The van der Waals surface area contributed by atoms with E-state index in [-0.39, 0.29) is 17.7 Å². The fourth-order valence-corrected chi connectivity index (χ4v) is 0.626. The van der Waals surface area contributed by atoms with Gasteiger partial charge in [-0.25, -0.2) is 4.79 Å². The van der Waals surface area contributed by atoms with Crippen molar-refractivity contribution < 1.29 is 9.53 Å². The zero-order valence-corrected chi connectivity index (χ0v) is 9.10. The molecule has 0 aromatic heterocycles. The van der Waals surface area contributed by atoms with Crippen LogP contribution in [0.2, 0.25) is 0 Å². The lowest BCUT2D eigenvalue weighted by Crippen LogP contribution is -2.42. The summed E-state index contributed by atoms with van der Waals surface area (Å²) in [4.78, 5) is 11.1. The summed E-state index contributed by atoms with van der Waals surface area (Å²) in [6.07, 6.45) is -0.366. The van der Waals surface area contributed by atoms with Crippen molar-refractivity contribution >= 4 is 6.09 Å². The van der Waals surface area contributed by atoms with Crippen LogP contribution in [-0.4, -0.2) is 31.3 Å². The number of hydrogen-bond donors (Lipinski definition) is 2. The Hall–Kier alpha value is -0.770. The predicted octanol–water partition coefficient (Wildman–Crippen LogP) is 1.12. The Morgan fingerprint density at radius 2 is 2.00 bits per heavy atom. The van der Waals surface area contributed by atoms with Gasteiger partial charge in [0.15, 0.2) is 0 Å². The summed E-state index contributed by atoms with van der Waals surface area (Å²) >= 11 is 0.